The van der Waals surface area contributed by atoms with E-state index in [0.29, 0.717) is 21.3 Å². The quantitative estimate of drug-likeness (QED) is 0.832. The van der Waals surface area contributed by atoms with E-state index in [9.17, 15) is 9.59 Å². The van der Waals surface area contributed by atoms with Crippen LogP contribution in [0.4, 0.5) is 5.69 Å². The molecule has 1 heterocycles. The molecule has 0 unspecified atom stereocenters. The first-order valence-electron chi connectivity index (χ1n) is 8.44. The molecule has 2 aromatic carbocycles. The van der Waals surface area contributed by atoms with Crippen molar-refractivity contribution >= 4 is 33.4 Å². The number of halogens is 1. The van der Waals surface area contributed by atoms with E-state index < -0.39 is 0 Å². The van der Waals surface area contributed by atoms with Gasteiger partial charge in [0.2, 0.25) is 5.91 Å². The minimum atomic E-state index is -0.175. The highest BCUT2D eigenvalue weighted by Crippen LogP contribution is 2.24. The molecule has 26 heavy (non-hydrogen) atoms. The number of carbonyl (C=O) groups excluding carboxylic acids is 2. The van der Waals surface area contributed by atoms with Gasteiger partial charge in [-0.25, -0.2) is 0 Å². The van der Waals surface area contributed by atoms with Gasteiger partial charge in [0.25, 0.3) is 5.91 Å². The minimum Gasteiger partial charge on any atom is -0.339 e. The Hall–Kier alpha value is -2.65. The van der Waals surface area contributed by atoms with Crippen molar-refractivity contribution in [3.8, 4) is 6.07 Å². The fourth-order valence-corrected chi connectivity index (χ4v) is 3.55. The maximum atomic E-state index is 12.5. The normalized spacial score (nSPS) is 13.3. The van der Waals surface area contributed by atoms with Crippen molar-refractivity contribution in [3.63, 3.8) is 0 Å². The van der Waals surface area contributed by atoms with E-state index in [1.54, 1.807) is 36.4 Å². The second kappa shape index (κ2) is 8.15. The fourth-order valence-electron chi connectivity index (χ4n) is 3.00. The Morgan fingerprint density at radius 3 is 2.62 bits per heavy atom. The van der Waals surface area contributed by atoms with Crippen LogP contribution in [-0.4, -0.2) is 29.8 Å². The van der Waals surface area contributed by atoms with Crippen LogP contribution >= 0.6 is 15.9 Å². The highest BCUT2D eigenvalue weighted by Gasteiger charge is 2.21. The van der Waals surface area contributed by atoms with Crippen LogP contribution in [0.15, 0.2) is 46.9 Å². The van der Waals surface area contributed by atoms with Gasteiger partial charge in [-0.05, 0) is 64.7 Å². The van der Waals surface area contributed by atoms with Crippen LogP contribution in [0, 0.1) is 11.3 Å². The average molecular weight is 412 g/mol. The van der Waals surface area contributed by atoms with Gasteiger partial charge >= 0.3 is 0 Å². The van der Waals surface area contributed by atoms with Crippen LogP contribution in [0.5, 0.6) is 0 Å². The molecule has 5 nitrogen and oxygen atoms in total. The first-order chi connectivity index (χ1) is 12.6. The molecule has 0 saturated carbocycles. The lowest BCUT2D eigenvalue weighted by Crippen LogP contribution is -2.27. The number of hydrogen-bond acceptors (Lipinski definition) is 3. The number of nitrogens with one attached hydrogen (secondary N) is 1. The molecule has 1 saturated heterocycles. The third-order valence-electron chi connectivity index (χ3n) is 4.30. The summed E-state index contributed by atoms with van der Waals surface area (Å²) in [5.41, 5.74) is 2.53. The van der Waals surface area contributed by atoms with Gasteiger partial charge in [-0.1, -0.05) is 12.1 Å². The van der Waals surface area contributed by atoms with Crippen molar-refractivity contribution in [1.29, 1.82) is 5.26 Å². The van der Waals surface area contributed by atoms with E-state index in [2.05, 4.69) is 27.3 Å². The summed E-state index contributed by atoms with van der Waals surface area (Å²) in [4.78, 5) is 26.6. The van der Waals surface area contributed by atoms with E-state index in [1.165, 1.54) is 0 Å². The zero-order valence-corrected chi connectivity index (χ0v) is 15.8. The van der Waals surface area contributed by atoms with Gasteiger partial charge in [0, 0.05) is 23.2 Å². The lowest BCUT2D eigenvalue weighted by atomic mass is 10.1. The second-order valence-corrected chi connectivity index (χ2v) is 7.09. The molecule has 0 radical (unpaired) electrons. The molecule has 2 amide bonds. The SMILES string of the molecule is N#Cc1cccc(CC(=O)Nc2ccc(C(=O)N3CCCC3)c(Br)c2)c1. The Morgan fingerprint density at radius 2 is 1.92 bits per heavy atom. The predicted octanol–water partition coefficient (Wildman–Crippen LogP) is 3.74. The summed E-state index contributed by atoms with van der Waals surface area (Å²) in [6, 6.07) is 14.3. The van der Waals surface area contributed by atoms with Gasteiger partial charge in [0.15, 0.2) is 0 Å². The van der Waals surface area contributed by atoms with Crippen molar-refractivity contribution in [3.05, 3.63) is 63.6 Å². The number of carbonyl (C=O) groups is 2. The maximum Gasteiger partial charge on any atom is 0.254 e. The Kier molecular flexibility index (Phi) is 5.69. The summed E-state index contributed by atoms with van der Waals surface area (Å²) in [6.45, 7) is 1.59. The Balaban J connectivity index is 1.66. The maximum absolute atomic E-state index is 12.5. The molecule has 1 fully saturated rings. The summed E-state index contributed by atoms with van der Waals surface area (Å²) >= 11 is 3.44. The molecule has 0 spiro atoms. The van der Waals surface area contributed by atoms with Gasteiger partial charge in [0.05, 0.1) is 23.6 Å². The van der Waals surface area contributed by atoms with Gasteiger partial charge in [-0.15, -0.1) is 0 Å². The number of likely N-dealkylation sites (tertiary alicyclic amines) is 1. The number of nitriles is 1. The van der Waals surface area contributed by atoms with Crippen LogP contribution in [0.25, 0.3) is 0 Å². The zero-order valence-electron chi connectivity index (χ0n) is 14.2. The predicted molar refractivity (Wildman–Crippen MR) is 103 cm³/mol. The molecule has 6 heteroatoms. The molecule has 1 aliphatic heterocycles. The Labute approximate surface area is 160 Å². The smallest absolute Gasteiger partial charge is 0.254 e. The van der Waals surface area contributed by atoms with E-state index >= 15 is 0 Å². The molecular formula is C20H18BrN3O2. The lowest BCUT2D eigenvalue weighted by Gasteiger charge is -2.16. The molecule has 2 aromatic rings. The summed E-state index contributed by atoms with van der Waals surface area (Å²) in [7, 11) is 0. The standard InChI is InChI=1S/C20H18BrN3O2/c21-18-12-16(6-7-17(18)20(26)24-8-1-2-9-24)23-19(25)11-14-4-3-5-15(10-14)13-22/h3-7,10,12H,1-2,8-9,11H2,(H,23,25). The minimum absolute atomic E-state index is 0.0144. The largest absolute Gasteiger partial charge is 0.339 e. The summed E-state index contributed by atoms with van der Waals surface area (Å²) in [6.07, 6.45) is 2.27. The summed E-state index contributed by atoms with van der Waals surface area (Å²) in [5.74, 6) is -0.161. The van der Waals surface area contributed by atoms with Crippen molar-refractivity contribution in [2.45, 2.75) is 19.3 Å². The summed E-state index contributed by atoms with van der Waals surface area (Å²) < 4.78 is 0.665. The zero-order chi connectivity index (χ0) is 18.5. The molecule has 0 bridgehead atoms. The van der Waals surface area contributed by atoms with E-state index in [4.69, 9.17) is 5.26 Å². The Morgan fingerprint density at radius 1 is 1.15 bits per heavy atom. The number of anilines is 1. The van der Waals surface area contributed by atoms with Gasteiger partial charge in [-0.2, -0.15) is 5.26 Å². The highest BCUT2D eigenvalue weighted by atomic mass is 79.9. The average Bonchev–Trinajstić information content (AvgIpc) is 3.16. The third-order valence-corrected chi connectivity index (χ3v) is 4.95. The number of benzene rings is 2. The van der Waals surface area contributed by atoms with Gasteiger partial charge < -0.3 is 10.2 Å². The van der Waals surface area contributed by atoms with Crippen LogP contribution < -0.4 is 5.32 Å². The number of hydrogen-bond donors (Lipinski definition) is 1. The third kappa shape index (κ3) is 4.30. The molecule has 0 aromatic heterocycles. The summed E-state index contributed by atoms with van der Waals surface area (Å²) in [5, 5.41) is 11.8. The molecular weight excluding hydrogens is 394 g/mol. The second-order valence-electron chi connectivity index (χ2n) is 6.23. The fraction of sp³-hybridized carbons (Fsp3) is 0.250. The van der Waals surface area contributed by atoms with Crippen molar-refractivity contribution in [1.82, 2.24) is 4.90 Å². The van der Waals surface area contributed by atoms with E-state index in [-0.39, 0.29) is 18.2 Å². The molecule has 0 aliphatic carbocycles. The monoisotopic (exact) mass is 411 g/mol. The lowest BCUT2D eigenvalue weighted by molar-refractivity contribution is -0.115. The number of nitrogens with zero attached hydrogens (tertiary/aromatic N) is 2. The van der Waals surface area contributed by atoms with E-state index in [0.717, 1.165) is 31.5 Å². The first-order valence-corrected chi connectivity index (χ1v) is 9.24. The van der Waals surface area contributed by atoms with Crippen molar-refractivity contribution in [2.24, 2.45) is 0 Å². The van der Waals surface area contributed by atoms with Crippen LogP contribution in [0.3, 0.4) is 0 Å². The number of rotatable bonds is 4. The number of amides is 2. The first kappa shape index (κ1) is 18.2. The van der Waals surface area contributed by atoms with Crippen LogP contribution in [0.2, 0.25) is 0 Å². The Bertz CT molecular complexity index is 883. The van der Waals surface area contributed by atoms with Crippen LogP contribution in [0.1, 0.15) is 34.3 Å². The highest BCUT2D eigenvalue weighted by molar-refractivity contribution is 9.10. The molecule has 1 aliphatic rings. The topological polar surface area (TPSA) is 73.2 Å². The van der Waals surface area contributed by atoms with Crippen molar-refractivity contribution in [2.75, 3.05) is 18.4 Å². The molecule has 1 N–H and O–H groups in total. The van der Waals surface area contributed by atoms with Crippen LogP contribution in [-0.2, 0) is 11.2 Å². The van der Waals surface area contributed by atoms with Gasteiger partial charge in [0.1, 0.15) is 0 Å². The molecule has 3 rings (SSSR count). The van der Waals surface area contributed by atoms with Gasteiger partial charge in [-0.3, -0.25) is 9.59 Å². The molecule has 132 valence electrons. The van der Waals surface area contributed by atoms with Crippen molar-refractivity contribution < 1.29 is 9.59 Å². The van der Waals surface area contributed by atoms with E-state index in [1.807, 2.05) is 11.0 Å². The molecule has 0 atom stereocenters.